The molecule has 0 bridgehead atoms. The number of unbranched alkanes of at least 4 members (excludes halogenated alkanes) is 1. The molecule has 0 saturated carbocycles. The normalized spacial score (nSPS) is 20.1. The van der Waals surface area contributed by atoms with Gasteiger partial charge in [0.15, 0.2) is 12.4 Å². The molecule has 3 amide bonds. The fraction of sp³-hybridized carbons (Fsp3) is 0.491. The lowest BCUT2D eigenvalue weighted by atomic mass is 9.78. The summed E-state index contributed by atoms with van der Waals surface area (Å²) < 4.78 is 28.8. The quantitative estimate of drug-likeness (QED) is 0.0300. The van der Waals surface area contributed by atoms with Crippen LogP contribution in [0.3, 0.4) is 0 Å². The minimum absolute atomic E-state index is 0.0798. The molecule has 3 aromatic carbocycles. The lowest BCUT2D eigenvalue weighted by Gasteiger charge is -2.47. The number of amides is 3. The van der Waals surface area contributed by atoms with Crippen molar-refractivity contribution in [2.45, 2.75) is 95.6 Å². The summed E-state index contributed by atoms with van der Waals surface area (Å²) >= 11 is 1.96. The standard InChI is InChI=1S/C55H69N5O10S/c1-36-29-39(53(65)42-16-18-47(37(2)52(42)64)70-33-38-11-5-4-6-12-38)32-60-22-19-41-43-30-40(15-17-45(43)59-54(41)55(36,60)3)69-34-51(63)57-21-10-24-67-26-28-68-27-25-66-23-9-20-56-49(61)14-8-7-13-48-44-31-50(62)58-46(44)35-71-48/h4-6,11-12,15-18,29-30,32,44,46,48,59,64H,7-10,13-14,19-28,31,33-35H2,1-3H3,(H,56,61)(H,57,63)(H,58,62)/t44-,46-,48-,55?/m0/s1. The number of Topliss-reactive ketones (excluding diaryl/α,β-unsaturated/α-hetero) is 1. The number of nitrogens with zero attached hydrogens (tertiary/aromatic N) is 1. The number of benzene rings is 3. The number of phenols is 1. The first-order valence-corrected chi connectivity index (χ1v) is 26.2. The molecule has 1 aromatic heterocycles. The van der Waals surface area contributed by atoms with Crippen molar-refractivity contribution in [3.8, 4) is 17.2 Å². The lowest BCUT2D eigenvalue weighted by molar-refractivity contribution is -0.123. The molecule has 4 aliphatic rings. The predicted molar refractivity (Wildman–Crippen MR) is 274 cm³/mol. The van der Waals surface area contributed by atoms with E-state index in [0.717, 1.165) is 65.6 Å². The number of aromatic amines is 1. The van der Waals surface area contributed by atoms with Gasteiger partial charge in [0.2, 0.25) is 11.8 Å². The minimum atomic E-state index is -0.529. The third-order valence-corrected chi connectivity index (χ3v) is 15.7. The van der Waals surface area contributed by atoms with Gasteiger partial charge in [0, 0.05) is 103 Å². The number of hydrogen-bond donors (Lipinski definition) is 5. The number of ether oxygens (including phenoxy) is 5. The maximum atomic E-state index is 13.9. The van der Waals surface area contributed by atoms with Crippen molar-refractivity contribution in [3.05, 3.63) is 112 Å². The zero-order valence-electron chi connectivity index (χ0n) is 41.3. The number of H-pyrrole nitrogens is 1. The van der Waals surface area contributed by atoms with Crippen LogP contribution < -0.4 is 25.4 Å². The first-order valence-electron chi connectivity index (χ1n) is 25.2. The first kappa shape index (κ1) is 51.5. The van der Waals surface area contributed by atoms with Crippen molar-refractivity contribution >= 4 is 46.2 Å². The topological polar surface area (TPSA) is 190 Å². The van der Waals surface area contributed by atoms with E-state index in [1.54, 1.807) is 19.1 Å². The zero-order valence-corrected chi connectivity index (χ0v) is 42.1. The number of rotatable bonds is 27. The smallest absolute Gasteiger partial charge is 0.257 e. The Kier molecular flexibility index (Phi) is 17.8. The van der Waals surface area contributed by atoms with Gasteiger partial charge in [0.05, 0.1) is 37.5 Å². The molecule has 5 heterocycles. The molecule has 5 N–H and O–H groups in total. The van der Waals surface area contributed by atoms with E-state index in [9.17, 15) is 24.3 Å². The molecule has 4 aliphatic heterocycles. The van der Waals surface area contributed by atoms with Crippen LogP contribution in [0.25, 0.3) is 10.9 Å². The van der Waals surface area contributed by atoms with Crippen LogP contribution in [0, 0.1) is 12.8 Å². The Bertz CT molecular complexity index is 2580. The molecule has 2 saturated heterocycles. The fourth-order valence-corrected chi connectivity index (χ4v) is 11.7. The highest BCUT2D eigenvalue weighted by Crippen LogP contribution is 2.47. The maximum absolute atomic E-state index is 13.9. The number of aromatic hydroxyl groups is 1. The van der Waals surface area contributed by atoms with E-state index in [4.69, 9.17) is 23.7 Å². The predicted octanol–water partition coefficient (Wildman–Crippen LogP) is 7.18. The van der Waals surface area contributed by atoms with E-state index in [1.165, 1.54) is 5.56 Å². The molecule has 0 aliphatic carbocycles. The van der Waals surface area contributed by atoms with E-state index in [-0.39, 0.29) is 41.4 Å². The number of ketones is 1. The Labute approximate surface area is 420 Å². The summed E-state index contributed by atoms with van der Waals surface area (Å²) in [4.78, 5) is 56.3. The molecule has 0 spiro atoms. The van der Waals surface area contributed by atoms with Crippen LogP contribution in [-0.4, -0.2) is 121 Å². The SMILES string of the molecule is CC1=CC(C(=O)c2ccc(OCc3ccccc3)c(C)c2O)=CN2CCc3c([nH]c4ccc(OCC(=O)NCCCOCCOCCOCCCNC(=O)CCCC[C@@H]5SC[C@@H]6NC(=O)C[C@@H]65)cc34)C12C. The summed E-state index contributed by atoms with van der Waals surface area (Å²) in [5.74, 6) is 2.32. The van der Waals surface area contributed by atoms with Crippen LogP contribution in [0.5, 0.6) is 17.2 Å². The van der Waals surface area contributed by atoms with Crippen molar-refractivity contribution in [2.75, 3.05) is 71.6 Å². The fourth-order valence-electron chi connectivity index (χ4n) is 10.0. The number of phenolic OH excluding ortho intramolecular Hbond substituents is 1. The summed E-state index contributed by atoms with van der Waals surface area (Å²) in [5.41, 5.74) is 5.92. The van der Waals surface area contributed by atoms with Crippen LogP contribution >= 0.6 is 11.8 Å². The third kappa shape index (κ3) is 12.8. The Morgan fingerprint density at radius 1 is 0.873 bits per heavy atom. The second kappa shape index (κ2) is 24.5. The maximum Gasteiger partial charge on any atom is 0.257 e. The van der Waals surface area contributed by atoms with E-state index in [1.807, 2.05) is 79.5 Å². The average Bonchev–Trinajstić information content (AvgIpc) is 4.06. The van der Waals surface area contributed by atoms with E-state index >= 15 is 0 Å². The Balaban J connectivity index is 0.670. The minimum Gasteiger partial charge on any atom is -0.507 e. The van der Waals surface area contributed by atoms with Crippen molar-refractivity contribution in [1.82, 2.24) is 25.8 Å². The number of carbonyl (C=O) groups is 4. The van der Waals surface area contributed by atoms with Gasteiger partial charge in [-0.25, -0.2) is 0 Å². The van der Waals surface area contributed by atoms with E-state index < -0.39 is 5.54 Å². The van der Waals surface area contributed by atoms with Crippen LogP contribution in [-0.2, 0) is 47.2 Å². The van der Waals surface area contributed by atoms with Gasteiger partial charge in [-0.05, 0) is 106 Å². The summed E-state index contributed by atoms with van der Waals surface area (Å²) in [7, 11) is 0. The van der Waals surface area contributed by atoms with E-state index in [2.05, 4.69) is 32.8 Å². The van der Waals surface area contributed by atoms with Crippen LogP contribution in [0.4, 0.5) is 0 Å². The van der Waals surface area contributed by atoms with Gasteiger partial charge in [-0.15, -0.1) is 0 Å². The summed E-state index contributed by atoms with van der Waals surface area (Å²) in [5, 5.41) is 21.7. The largest absolute Gasteiger partial charge is 0.507 e. The molecule has 8 rings (SSSR count). The van der Waals surface area contributed by atoms with Crippen molar-refractivity contribution in [1.29, 1.82) is 0 Å². The molecule has 71 heavy (non-hydrogen) atoms. The molecule has 4 atom stereocenters. The number of thioether (sulfide) groups is 1. The average molecular weight is 992 g/mol. The van der Waals surface area contributed by atoms with Gasteiger partial charge < -0.3 is 54.6 Å². The number of aromatic nitrogens is 1. The molecule has 380 valence electrons. The van der Waals surface area contributed by atoms with E-state index in [0.29, 0.717) is 125 Å². The van der Waals surface area contributed by atoms with Gasteiger partial charge in [0.1, 0.15) is 23.9 Å². The molecule has 16 heteroatoms. The molecule has 15 nitrogen and oxygen atoms in total. The number of carbonyl (C=O) groups excluding carboxylic acids is 4. The Hall–Kier alpha value is -5.81. The summed E-state index contributed by atoms with van der Waals surface area (Å²) in [6.45, 7) is 10.8. The van der Waals surface area contributed by atoms with Gasteiger partial charge in [-0.2, -0.15) is 11.8 Å². The Morgan fingerprint density at radius 2 is 1.61 bits per heavy atom. The number of fused-ring (bicyclic) bond motifs is 6. The molecular weight excluding hydrogens is 923 g/mol. The summed E-state index contributed by atoms with van der Waals surface area (Å²) in [6.07, 6.45) is 10.1. The van der Waals surface area contributed by atoms with Gasteiger partial charge in [0.25, 0.3) is 5.91 Å². The Morgan fingerprint density at radius 3 is 2.37 bits per heavy atom. The lowest BCUT2D eigenvalue weighted by Crippen LogP contribution is -2.48. The van der Waals surface area contributed by atoms with Gasteiger partial charge in [-0.3, -0.25) is 19.2 Å². The van der Waals surface area contributed by atoms with Crippen LogP contribution in [0.2, 0.25) is 0 Å². The van der Waals surface area contributed by atoms with Crippen LogP contribution in [0.1, 0.15) is 91.5 Å². The first-order chi connectivity index (χ1) is 34.5. The highest BCUT2D eigenvalue weighted by atomic mass is 32.2. The number of nitrogens with one attached hydrogen (secondary N) is 4. The summed E-state index contributed by atoms with van der Waals surface area (Å²) in [6, 6.07) is 19.4. The molecule has 0 radical (unpaired) electrons. The van der Waals surface area contributed by atoms with Crippen LogP contribution in [0.15, 0.2) is 84.1 Å². The molecular formula is C55H69N5O10S. The van der Waals surface area contributed by atoms with Gasteiger partial charge >= 0.3 is 0 Å². The van der Waals surface area contributed by atoms with Crippen molar-refractivity contribution in [3.63, 3.8) is 0 Å². The monoisotopic (exact) mass is 991 g/mol. The van der Waals surface area contributed by atoms with Crippen molar-refractivity contribution < 1.29 is 48.0 Å². The highest BCUT2D eigenvalue weighted by Gasteiger charge is 2.44. The zero-order chi connectivity index (χ0) is 49.7. The van der Waals surface area contributed by atoms with Crippen molar-refractivity contribution in [2.24, 2.45) is 5.92 Å². The molecule has 1 unspecified atom stereocenters. The highest BCUT2D eigenvalue weighted by molar-refractivity contribution is 8.00. The molecule has 2 fully saturated rings. The molecule has 4 aromatic rings. The number of allylic oxidation sites excluding steroid dienone is 2. The third-order valence-electron chi connectivity index (χ3n) is 14.2. The second-order valence-corrected chi connectivity index (χ2v) is 20.3. The number of hydrogen-bond acceptors (Lipinski definition) is 12. The second-order valence-electron chi connectivity index (χ2n) is 19.0. The van der Waals surface area contributed by atoms with Gasteiger partial charge in [-0.1, -0.05) is 36.8 Å².